The lowest BCUT2D eigenvalue weighted by atomic mass is 9.68. The molecule has 1 N–H and O–H groups in total. The van der Waals surface area contributed by atoms with E-state index in [0.717, 1.165) is 30.5 Å². The van der Waals surface area contributed by atoms with Crippen LogP contribution in [0.4, 0.5) is 32.3 Å². The van der Waals surface area contributed by atoms with Crippen LogP contribution in [0.1, 0.15) is 128 Å². The highest BCUT2D eigenvalue weighted by molar-refractivity contribution is 7.88. The van der Waals surface area contributed by atoms with Crippen molar-refractivity contribution >= 4 is 16.0 Å². The van der Waals surface area contributed by atoms with Gasteiger partial charge in [-0.3, -0.25) is 4.98 Å². The summed E-state index contributed by atoms with van der Waals surface area (Å²) in [5, 5.41) is 11.6. The molecule has 8 nitrogen and oxygen atoms in total. The van der Waals surface area contributed by atoms with Crippen LogP contribution in [0.2, 0.25) is 0 Å². The Kier molecular flexibility index (Phi) is 10.5. The van der Waals surface area contributed by atoms with E-state index in [1.54, 1.807) is 12.4 Å². The largest absolute Gasteiger partial charge is 0.416 e. The van der Waals surface area contributed by atoms with Gasteiger partial charge >= 0.3 is 6.18 Å². The minimum atomic E-state index is -4.61. The smallest absolute Gasteiger partial charge is 0.388 e. The van der Waals surface area contributed by atoms with Crippen molar-refractivity contribution in [3.05, 3.63) is 81.4 Å². The van der Waals surface area contributed by atoms with E-state index < -0.39 is 45.9 Å². The summed E-state index contributed by atoms with van der Waals surface area (Å²) in [5.41, 5.74) is 1.60. The minimum Gasteiger partial charge on any atom is -0.388 e. The highest BCUT2D eigenvalue weighted by Crippen LogP contribution is 2.52. The van der Waals surface area contributed by atoms with Gasteiger partial charge in [0.2, 0.25) is 21.9 Å². The molecule has 52 heavy (non-hydrogen) atoms. The van der Waals surface area contributed by atoms with Gasteiger partial charge in [0.05, 0.1) is 23.6 Å². The van der Waals surface area contributed by atoms with E-state index in [1.165, 1.54) is 11.4 Å². The van der Waals surface area contributed by atoms with Crippen LogP contribution in [0, 0.1) is 5.41 Å². The van der Waals surface area contributed by atoms with Crippen molar-refractivity contribution in [2.24, 2.45) is 5.41 Å². The van der Waals surface area contributed by atoms with E-state index in [0.29, 0.717) is 72.8 Å². The van der Waals surface area contributed by atoms with Crippen molar-refractivity contribution in [1.82, 2.24) is 19.3 Å². The minimum absolute atomic E-state index is 0.00328. The summed E-state index contributed by atoms with van der Waals surface area (Å²) >= 11 is 0. The summed E-state index contributed by atoms with van der Waals surface area (Å²) < 4.78 is 111. The van der Waals surface area contributed by atoms with Gasteiger partial charge in [0.15, 0.2) is 6.17 Å². The van der Waals surface area contributed by atoms with Crippen molar-refractivity contribution < 1.29 is 39.9 Å². The fourth-order valence-electron chi connectivity index (χ4n) is 8.04. The number of fused-ring (bicyclic) bond motifs is 1. The molecular weight excluding hydrogens is 708 g/mol. The number of hydrogen-bond donors (Lipinski definition) is 1. The number of alkyl halides is 6. The van der Waals surface area contributed by atoms with Crippen LogP contribution in [0.5, 0.6) is 0 Å². The Bertz CT molecular complexity index is 1850. The predicted octanol–water partition coefficient (Wildman–Crippen LogP) is 8.02. The molecule has 0 radical (unpaired) electrons. The summed E-state index contributed by atoms with van der Waals surface area (Å²) in [6.45, 7) is 5.09. The number of halogens is 6. The number of nitrogens with zero attached hydrogens (tertiary/aromatic N) is 5. The van der Waals surface area contributed by atoms with E-state index in [4.69, 9.17) is 4.98 Å². The molecule has 1 aromatic carbocycles. The summed E-state index contributed by atoms with van der Waals surface area (Å²) in [6, 6.07) is 3.92. The van der Waals surface area contributed by atoms with Crippen molar-refractivity contribution in [2.75, 3.05) is 31.3 Å². The first-order chi connectivity index (χ1) is 24.2. The zero-order valence-corrected chi connectivity index (χ0v) is 30.5. The molecule has 2 atom stereocenters. The van der Waals surface area contributed by atoms with E-state index >= 15 is 4.39 Å². The zero-order chi connectivity index (χ0) is 37.8. The molecule has 0 bridgehead atoms. The van der Waals surface area contributed by atoms with Gasteiger partial charge in [0.1, 0.15) is 0 Å². The molecule has 1 aliphatic heterocycles. The van der Waals surface area contributed by atoms with Gasteiger partial charge in [-0.15, -0.1) is 0 Å². The summed E-state index contributed by atoms with van der Waals surface area (Å²) in [4.78, 5) is 16.0. The van der Waals surface area contributed by atoms with Crippen molar-refractivity contribution in [3.8, 4) is 0 Å². The molecule has 3 heterocycles. The summed E-state index contributed by atoms with van der Waals surface area (Å²) in [6.07, 6.45) is -1.99. The topological polar surface area (TPSA) is 99.5 Å². The van der Waals surface area contributed by atoms with Crippen LogP contribution in [-0.2, 0) is 29.2 Å². The number of rotatable bonds is 8. The molecule has 1 saturated heterocycles. The van der Waals surface area contributed by atoms with Crippen LogP contribution in [-0.4, -0.2) is 65.1 Å². The monoisotopic (exact) mass is 753 g/mol. The third-order valence-electron chi connectivity index (χ3n) is 10.9. The Hall–Kier alpha value is -3.30. The van der Waals surface area contributed by atoms with Crippen LogP contribution in [0.15, 0.2) is 36.7 Å². The van der Waals surface area contributed by atoms with Gasteiger partial charge in [-0.1, -0.05) is 26.0 Å². The molecule has 0 spiro atoms. The molecule has 1 saturated carbocycles. The Morgan fingerprint density at radius 3 is 2.13 bits per heavy atom. The van der Waals surface area contributed by atoms with Gasteiger partial charge in [-0.25, -0.2) is 35.9 Å². The van der Waals surface area contributed by atoms with Gasteiger partial charge in [0, 0.05) is 80.2 Å². The van der Waals surface area contributed by atoms with Crippen LogP contribution >= 0.6 is 0 Å². The van der Waals surface area contributed by atoms with Crippen LogP contribution in [0.3, 0.4) is 0 Å². The molecule has 15 heteroatoms. The number of aliphatic hydroxyl groups excluding tert-OH is 1. The first-order valence-electron chi connectivity index (χ1n) is 17.6. The molecule has 2 aromatic heterocycles. The Morgan fingerprint density at radius 1 is 0.981 bits per heavy atom. The van der Waals surface area contributed by atoms with E-state index in [1.807, 2.05) is 18.7 Å². The normalized spacial score (nSPS) is 22.0. The second kappa shape index (κ2) is 14.2. The predicted molar refractivity (Wildman–Crippen MR) is 184 cm³/mol. The molecule has 3 aromatic rings. The molecule has 6 rings (SSSR count). The average molecular weight is 754 g/mol. The van der Waals surface area contributed by atoms with Gasteiger partial charge in [-0.2, -0.15) is 13.2 Å². The maximum atomic E-state index is 17.2. The third-order valence-corrected chi connectivity index (χ3v) is 12.1. The molecule has 2 fully saturated rings. The number of hydrogen-bond acceptors (Lipinski definition) is 7. The number of anilines is 1. The van der Waals surface area contributed by atoms with Crippen molar-refractivity contribution in [3.63, 3.8) is 0 Å². The fourth-order valence-corrected chi connectivity index (χ4v) is 8.42. The van der Waals surface area contributed by atoms with E-state index in [9.17, 15) is 35.5 Å². The number of aromatic nitrogens is 3. The maximum Gasteiger partial charge on any atom is 0.416 e. The number of benzene rings is 1. The molecule has 3 aliphatic rings. The zero-order valence-electron chi connectivity index (χ0n) is 29.7. The Labute approximate surface area is 300 Å². The highest BCUT2D eigenvalue weighted by atomic mass is 32.2. The Morgan fingerprint density at radius 2 is 1.58 bits per heavy atom. The van der Waals surface area contributed by atoms with Crippen molar-refractivity contribution in [1.29, 1.82) is 0 Å². The molecule has 0 amide bonds. The van der Waals surface area contributed by atoms with E-state index in [2.05, 4.69) is 9.97 Å². The van der Waals surface area contributed by atoms with Gasteiger partial charge in [0.25, 0.3) is 0 Å². The summed E-state index contributed by atoms with van der Waals surface area (Å²) in [5.74, 6) is -3.17. The first kappa shape index (κ1) is 38.4. The van der Waals surface area contributed by atoms with Crippen LogP contribution < -0.4 is 4.90 Å². The maximum absolute atomic E-state index is 17.2. The van der Waals surface area contributed by atoms with Crippen molar-refractivity contribution in [2.45, 2.75) is 108 Å². The Balaban J connectivity index is 1.39. The standard InChI is InChI=1S/C37H45F6N5O3S/c1-35(2)17-27-30(28(49)18-35)29(23-9-13-36(39,40)14-10-23)31(32(38)24-5-7-26(8-6-24)37(41,42)43)33(46-27)25-11-15-48(16-12-25)34-44-19-22(20-45-34)21-47(3)52(4,50)51/h5-8,19-20,23,25,28,32,49H,9-18,21H2,1-4H3. The number of sulfonamides is 1. The average Bonchev–Trinajstić information content (AvgIpc) is 3.06. The lowest BCUT2D eigenvalue weighted by Crippen LogP contribution is -2.36. The highest BCUT2D eigenvalue weighted by Gasteiger charge is 2.44. The van der Waals surface area contributed by atoms with Gasteiger partial charge < -0.3 is 10.0 Å². The fraction of sp³-hybridized carbons (Fsp3) is 0.595. The second-order valence-corrected chi connectivity index (χ2v) is 17.6. The molecule has 2 aliphatic carbocycles. The quantitative estimate of drug-likeness (QED) is 0.233. The van der Waals surface area contributed by atoms with E-state index in [-0.39, 0.29) is 54.7 Å². The number of pyridine rings is 1. The van der Waals surface area contributed by atoms with Crippen LogP contribution in [0.25, 0.3) is 0 Å². The lowest BCUT2D eigenvalue weighted by Gasteiger charge is -2.41. The first-order valence-corrected chi connectivity index (χ1v) is 19.5. The lowest BCUT2D eigenvalue weighted by molar-refractivity contribution is -0.137. The third kappa shape index (κ3) is 8.25. The molecule has 284 valence electrons. The summed E-state index contributed by atoms with van der Waals surface area (Å²) in [7, 11) is -1.92. The number of piperidine rings is 1. The SMILES string of the molecule is CN(Cc1cnc(N2CCC(c3nc4c(c(C5CCC(F)(F)CC5)c3C(F)c3ccc(C(F)(F)F)cc3)C(O)CC(C)(C)C4)CC2)nc1)S(C)(=O)=O. The number of aliphatic hydroxyl groups is 1. The molecular formula is C37H45F6N5O3S. The van der Waals surface area contributed by atoms with Gasteiger partial charge in [-0.05, 0) is 73.1 Å². The molecule has 2 unspecified atom stereocenters. The second-order valence-electron chi connectivity index (χ2n) is 15.5.